The summed E-state index contributed by atoms with van der Waals surface area (Å²) in [5.74, 6) is 2.74. The fourth-order valence-corrected chi connectivity index (χ4v) is 3.23. The van der Waals surface area contributed by atoms with Gasteiger partial charge in [-0.2, -0.15) is 5.10 Å². The van der Waals surface area contributed by atoms with Crippen LogP contribution in [0.15, 0.2) is 65.8 Å². The second-order valence-corrected chi connectivity index (χ2v) is 7.85. The average molecular weight is 532 g/mol. The molecule has 0 atom stereocenters. The quantitative estimate of drug-likeness (QED) is 0.226. The lowest BCUT2D eigenvalue weighted by molar-refractivity contribution is 0.284. The Bertz CT molecular complexity index is 1020. The molecule has 0 aliphatic heterocycles. The van der Waals surface area contributed by atoms with Crippen molar-refractivity contribution in [3.63, 3.8) is 0 Å². The van der Waals surface area contributed by atoms with Crippen molar-refractivity contribution in [3.05, 3.63) is 80.9 Å². The third-order valence-electron chi connectivity index (χ3n) is 4.53. The molecule has 1 N–H and O–H groups in total. The van der Waals surface area contributed by atoms with Crippen molar-refractivity contribution in [2.45, 2.75) is 13.2 Å². The molecule has 0 spiro atoms. The minimum atomic E-state index is 0.480. The topological polar surface area (TPSA) is 61.3 Å². The maximum atomic E-state index is 5.92. The zero-order chi connectivity index (χ0) is 22.1. The van der Waals surface area contributed by atoms with E-state index in [1.807, 2.05) is 36.4 Å². The highest BCUT2D eigenvalue weighted by atomic mass is 127. The summed E-state index contributed by atoms with van der Waals surface area (Å²) in [7, 11) is 4.87. The first-order chi connectivity index (χ1) is 15.1. The minimum absolute atomic E-state index is 0.480. The van der Waals surface area contributed by atoms with Gasteiger partial charge in [-0.1, -0.05) is 18.2 Å². The maximum absolute atomic E-state index is 5.92. The van der Waals surface area contributed by atoms with Gasteiger partial charge in [-0.3, -0.25) is 0 Å². The Balaban J connectivity index is 1.57. The lowest BCUT2D eigenvalue weighted by Gasteiger charge is -2.11. The predicted molar refractivity (Wildman–Crippen MR) is 130 cm³/mol. The van der Waals surface area contributed by atoms with E-state index in [-0.39, 0.29) is 0 Å². The van der Waals surface area contributed by atoms with Gasteiger partial charge in [0.15, 0.2) is 23.0 Å². The van der Waals surface area contributed by atoms with Crippen LogP contribution in [0.2, 0.25) is 0 Å². The molecule has 3 aromatic rings. The van der Waals surface area contributed by atoms with Crippen LogP contribution in [-0.4, -0.2) is 27.5 Å². The summed E-state index contributed by atoms with van der Waals surface area (Å²) in [5.41, 5.74) is 6.08. The van der Waals surface area contributed by atoms with Gasteiger partial charge in [0.1, 0.15) is 6.61 Å². The van der Waals surface area contributed by atoms with Crippen LogP contribution in [0, 0.1) is 3.57 Å². The lowest BCUT2D eigenvalue weighted by atomic mass is 10.2. The van der Waals surface area contributed by atoms with Gasteiger partial charge in [0.2, 0.25) is 0 Å². The van der Waals surface area contributed by atoms with Crippen molar-refractivity contribution in [2.24, 2.45) is 5.10 Å². The summed E-state index contributed by atoms with van der Waals surface area (Å²) >= 11 is 2.29. The Morgan fingerprint density at radius 3 is 2.13 bits per heavy atom. The van der Waals surface area contributed by atoms with E-state index in [4.69, 9.17) is 18.9 Å². The van der Waals surface area contributed by atoms with Gasteiger partial charge in [0.25, 0.3) is 0 Å². The molecule has 0 saturated heterocycles. The molecule has 0 bridgehead atoms. The predicted octanol–water partition coefficient (Wildman–Crippen LogP) is 5.02. The minimum Gasteiger partial charge on any atom is -0.493 e. The van der Waals surface area contributed by atoms with Gasteiger partial charge >= 0.3 is 0 Å². The van der Waals surface area contributed by atoms with Crippen LogP contribution in [0.1, 0.15) is 16.7 Å². The third kappa shape index (κ3) is 6.52. The van der Waals surface area contributed by atoms with Gasteiger partial charge in [-0.25, -0.2) is 0 Å². The monoisotopic (exact) mass is 532 g/mol. The largest absolute Gasteiger partial charge is 0.493 e. The molecular weight excluding hydrogens is 507 g/mol. The van der Waals surface area contributed by atoms with Crippen LogP contribution >= 0.6 is 22.6 Å². The van der Waals surface area contributed by atoms with Crippen molar-refractivity contribution < 1.29 is 18.9 Å². The Morgan fingerprint density at radius 2 is 1.42 bits per heavy atom. The van der Waals surface area contributed by atoms with E-state index in [2.05, 4.69) is 57.4 Å². The SMILES string of the molecule is COc1ccc(CN/N=C/c2ccc(OCc3ccc(I)cc3)c(OC)c2)cc1OC. The highest BCUT2D eigenvalue weighted by Gasteiger charge is 2.06. The molecule has 0 amide bonds. The van der Waals surface area contributed by atoms with Gasteiger partial charge in [-0.15, -0.1) is 0 Å². The van der Waals surface area contributed by atoms with Crippen molar-refractivity contribution in [2.75, 3.05) is 21.3 Å². The van der Waals surface area contributed by atoms with E-state index in [0.717, 1.165) is 16.7 Å². The highest BCUT2D eigenvalue weighted by molar-refractivity contribution is 14.1. The van der Waals surface area contributed by atoms with Gasteiger partial charge < -0.3 is 24.4 Å². The Hall–Kier alpha value is -2.94. The van der Waals surface area contributed by atoms with Gasteiger partial charge in [0, 0.05) is 3.57 Å². The van der Waals surface area contributed by atoms with Crippen molar-refractivity contribution in [1.29, 1.82) is 0 Å². The van der Waals surface area contributed by atoms with Crippen LogP contribution in [0.5, 0.6) is 23.0 Å². The summed E-state index contributed by atoms with van der Waals surface area (Å²) in [5, 5.41) is 4.30. The van der Waals surface area contributed by atoms with E-state index >= 15 is 0 Å². The fourth-order valence-electron chi connectivity index (χ4n) is 2.87. The first kappa shape index (κ1) is 22.7. The molecule has 0 aliphatic carbocycles. The summed E-state index contributed by atoms with van der Waals surface area (Å²) in [6, 6.07) is 19.7. The first-order valence-corrected chi connectivity index (χ1v) is 10.7. The number of rotatable bonds is 10. The zero-order valence-electron chi connectivity index (χ0n) is 17.7. The van der Waals surface area contributed by atoms with Crippen molar-refractivity contribution in [1.82, 2.24) is 5.43 Å². The number of methoxy groups -OCH3 is 3. The Labute approximate surface area is 196 Å². The number of hydrazone groups is 1. The van der Waals surface area contributed by atoms with Crippen LogP contribution in [-0.2, 0) is 13.2 Å². The molecule has 0 aromatic heterocycles. The van der Waals surface area contributed by atoms with Crippen LogP contribution in [0.4, 0.5) is 0 Å². The molecule has 31 heavy (non-hydrogen) atoms. The average Bonchev–Trinajstić information content (AvgIpc) is 2.81. The molecule has 0 aliphatic rings. The standard InChI is InChI=1S/C24H25IN2O4/c1-28-21-10-6-18(12-23(21)29-2)14-26-27-15-19-7-11-22(24(13-19)30-3)31-16-17-4-8-20(25)9-5-17/h4-13,15,26H,14,16H2,1-3H3/b27-15+. The van der Waals surface area contributed by atoms with Crippen LogP contribution < -0.4 is 24.4 Å². The van der Waals surface area contributed by atoms with Crippen molar-refractivity contribution >= 4 is 28.8 Å². The van der Waals surface area contributed by atoms with E-state index in [0.29, 0.717) is 36.1 Å². The Kier molecular flexibility index (Phi) is 8.40. The molecule has 0 radical (unpaired) electrons. The molecule has 7 heteroatoms. The first-order valence-electron chi connectivity index (χ1n) is 9.65. The van der Waals surface area contributed by atoms with Crippen LogP contribution in [0.25, 0.3) is 0 Å². The number of nitrogens with one attached hydrogen (secondary N) is 1. The lowest BCUT2D eigenvalue weighted by Crippen LogP contribution is -2.06. The van der Waals surface area contributed by atoms with Crippen molar-refractivity contribution in [3.8, 4) is 23.0 Å². The summed E-state index contributed by atoms with van der Waals surface area (Å²) in [6.45, 7) is 1.04. The Morgan fingerprint density at radius 1 is 0.774 bits per heavy atom. The van der Waals surface area contributed by atoms with E-state index < -0.39 is 0 Å². The number of nitrogens with zero attached hydrogens (tertiary/aromatic N) is 1. The summed E-state index contributed by atoms with van der Waals surface area (Å²) in [4.78, 5) is 0. The molecule has 162 valence electrons. The number of benzene rings is 3. The van der Waals surface area contributed by atoms with Gasteiger partial charge in [-0.05, 0) is 81.7 Å². The molecule has 0 unspecified atom stereocenters. The highest BCUT2D eigenvalue weighted by Crippen LogP contribution is 2.29. The fraction of sp³-hybridized carbons (Fsp3) is 0.208. The number of halogens is 1. The molecule has 3 aromatic carbocycles. The second-order valence-electron chi connectivity index (χ2n) is 6.61. The van der Waals surface area contributed by atoms with E-state index in [1.54, 1.807) is 27.5 Å². The van der Waals surface area contributed by atoms with E-state index in [1.165, 1.54) is 3.57 Å². The molecule has 0 saturated carbocycles. The molecule has 0 heterocycles. The van der Waals surface area contributed by atoms with Gasteiger partial charge in [0.05, 0.1) is 34.1 Å². The second kappa shape index (κ2) is 11.5. The number of hydrogen-bond acceptors (Lipinski definition) is 6. The zero-order valence-corrected chi connectivity index (χ0v) is 19.9. The van der Waals surface area contributed by atoms with Crippen LogP contribution in [0.3, 0.4) is 0 Å². The maximum Gasteiger partial charge on any atom is 0.161 e. The molecule has 0 fully saturated rings. The van der Waals surface area contributed by atoms with E-state index in [9.17, 15) is 0 Å². The number of hydrogen-bond donors (Lipinski definition) is 1. The third-order valence-corrected chi connectivity index (χ3v) is 5.25. The molecular formula is C24H25IN2O4. The number of ether oxygens (including phenoxy) is 4. The normalized spacial score (nSPS) is 10.7. The molecule has 6 nitrogen and oxygen atoms in total. The smallest absolute Gasteiger partial charge is 0.161 e. The molecule has 3 rings (SSSR count). The summed E-state index contributed by atoms with van der Waals surface area (Å²) < 4.78 is 23.2. The summed E-state index contributed by atoms with van der Waals surface area (Å²) in [6.07, 6.45) is 1.74.